The molecule has 2 aromatic rings. The predicted octanol–water partition coefficient (Wildman–Crippen LogP) is 2.51. The number of rotatable bonds is 6. The van der Waals surface area contributed by atoms with Crippen molar-refractivity contribution in [3.05, 3.63) is 65.2 Å². The van der Waals surface area contributed by atoms with E-state index in [1.165, 1.54) is 12.1 Å². The lowest BCUT2D eigenvalue weighted by Gasteiger charge is -2.32. The molecule has 2 N–H and O–H groups in total. The van der Waals surface area contributed by atoms with Crippen molar-refractivity contribution in [1.82, 2.24) is 20.5 Å². The van der Waals surface area contributed by atoms with E-state index in [0.29, 0.717) is 31.8 Å². The minimum Gasteiger partial charge on any atom is -0.343 e. The summed E-state index contributed by atoms with van der Waals surface area (Å²) in [4.78, 5) is 41.6. The molecule has 2 fully saturated rings. The summed E-state index contributed by atoms with van der Waals surface area (Å²) in [5.74, 6) is -0.290. The fourth-order valence-electron chi connectivity index (χ4n) is 4.13. The number of halogens is 1. The van der Waals surface area contributed by atoms with Gasteiger partial charge >= 0.3 is 6.03 Å². The second kappa shape index (κ2) is 9.24. The van der Waals surface area contributed by atoms with Gasteiger partial charge < -0.3 is 10.2 Å². The van der Waals surface area contributed by atoms with E-state index in [4.69, 9.17) is 0 Å². The average molecular weight is 424 g/mol. The van der Waals surface area contributed by atoms with Gasteiger partial charge in [0.1, 0.15) is 11.9 Å². The van der Waals surface area contributed by atoms with Crippen molar-refractivity contribution in [3.8, 4) is 0 Å². The van der Waals surface area contributed by atoms with Gasteiger partial charge in [0.25, 0.3) is 5.91 Å². The molecule has 4 amide bonds. The second-order valence-corrected chi connectivity index (χ2v) is 8.10. The summed E-state index contributed by atoms with van der Waals surface area (Å²) >= 11 is 0. The summed E-state index contributed by atoms with van der Waals surface area (Å²) in [6.45, 7) is 1.32. The zero-order valence-corrected chi connectivity index (χ0v) is 17.1. The summed E-state index contributed by atoms with van der Waals surface area (Å²) in [5.41, 5.74) is 3.14. The number of urea groups is 1. The van der Waals surface area contributed by atoms with Crippen LogP contribution in [-0.4, -0.2) is 46.9 Å². The van der Waals surface area contributed by atoms with Crippen LogP contribution in [0.5, 0.6) is 0 Å². The molecular formula is C23H25FN4O3. The van der Waals surface area contributed by atoms with Crippen molar-refractivity contribution in [2.45, 2.75) is 44.1 Å². The van der Waals surface area contributed by atoms with E-state index in [9.17, 15) is 18.8 Å². The number of carbonyl (C=O) groups is 3. The maximum absolute atomic E-state index is 13.0. The van der Waals surface area contributed by atoms with Gasteiger partial charge in [0.15, 0.2) is 0 Å². The topological polar surface area (TPSA) is 91.4 Å². The van der Waals surface area contributed by atoms with Crippen molar-refractivity contribution >= 4 is 17.8 Å². The van der Waals surface area contributed by atoms with Crippen LogP contribution >= 0.6 is 0 Å². The Balaban J connectivity index is 1.24. The molecule has 0 aliphatic carbocycles. The van der Waals surface area contributed by atoms with Crippen LogP contribution in [0, 0.1) is 5.82 Å². The van der Waals surface area contributed by atoms with Gasteiger partial charge in [0, 0.05) is 37.3 Å². The lowest BCUT2D eigenvalue weighted by Crippen LogP contribution is -2.39. The maximum Gasteiger partial charge on any atom is 0.322 e. The molecule has 31 heavy (non-hydrogen) atoms. The van der Waals surface area contributed by atoms with Gasteiger partial charge in [-0.1, -0.05) is 18.2 Å². The van der Waals surface area contributed by atoms with Crippen LogP contribution in [0.15, 0.2) is 42.6 Å². The highest BCUT2D eigenvalue weighted by Gasteiger charge is 2.31. The van der Waals surface area contributed by atoms with Gasteiger partial charge in [-0.05, 0) is 55.0 Å². The van der Waals surface area contributed by atoms with Crippen LogP contribution in [0.1, 0.15) is 48.4 Å². The third kappa shape index (κ3) is 5.25. The largest absolute Gasteiger partial charge is 0.343 e. The maximum atomic E-state index is 13.0. The molecule has 1 atom stereocenters. The monoisotopic (exact) mass is 424 g/mol. The highest BCUT2D eigenvalue weighted by molar-refractivity contribution is 6.04. The molecule has 2 aliphatic rings. The molecule has 3 heterocycles. The van der Waals surface area contributed by atoms with Crippen molar-refractivity contribution in [3.63, 3.8) is 0 Å². The van der Waals surface area contributed by atoms with Gasteiger partial charge in [-0.2, -0.15) is 0 Å². The van der Waals surface area contributed by atoms with Crippen LogP contribution < -0.4 is 10.6 Å². The average Bonchev–Trinajstić information content (AvgIpc) is 3.11. The number of carbonyl (C=O) groups excluding carboxylic acids is 3. The zero-order chi connectivity index (χ0) is 21.8. The Morgan fingerprint density at radius 1 is 1.06 bits per heavy atom. The molecule has 0 radical (unpaired) electrons. The smallest absolute Gasteiger partial charge is 0.322 e. The Bertz CT molecular complexity index is 954. The number of hydrogen-bond donors (Lipinski definition) is 2. The fraction of sp³-hybridized carbons (Fsp3) is 0.391. The Labute approximate surface area is 180 Å². The minimum absolute atomic E-state index is 0.00926. The standard InChI is InChI=1S/C23H25FN4O3/c24-18-4-1-15(2-5-18)13-16-3-6-19(25-14-16)17-9-11-28(12-10-17)21(29)8-7-20-22(30)27-23(31)26-20/h1-6,14,17,20H,7-13H2,(H2,26,27,30,31). The normalized spacial score (nSPS) is 19.3. The molecule has 0 spiro atoms. The number of aromatic nitrogens is 1. The molecule has 7 nitrogen and oxygen atoms in total. The van der Waals surface area contributed by atoms with Crippen LogP contribution in [0.3, 0.4) is 0 Å². The van der Waals surface area contributed by atoms with E-state index >= 15 is 0 Å². The molecule has 1 aromatic heterocycles. The number of pyridine rings is 1. The molecular weight excluding hydrogens is 399 g/mol. The number of nitrogens with one attached hydrogen (secondary N) is 2. The summed E-state index contributed by atoms with van der Waals surface area (Å²) in [5, 5.41) is 4.70. The Morgan fingerprint density at radius 3 is 2.39 bits per heavy atom. The quantitative estimate of drug-likeness (QED) is 0.697. The van der Waals surface area contributed by atoms with Gasteiger partial charge in [0.05, 0.1) is 0 Å². The molecule has 2 aliphatic heterocycles. The van der Waals surface area contributed by atoms with E-state index in [1.54, 1.807) is 12.1 Å². The van der Waals surface area contributed by atoms with Crippen molar-refractivity contribution in [1.29, 1.82) is 0 Å². The molecule has 0 saturated carbocycles. The number of hydrogen-bond acceptors (Lipinski definition) is 4. The SMILES string of the molecule is O=C1NC(=O)C(CCC(=O)N2CCC(c3ccc(Cc4ccc(F)cc4)cn3)CC2)N1. The third-order valence-electron chi connectivity index (χ3n) is 5.94. The summed E-state index contributed by atoms with van der Waals surface area (Å²) < 4.78 is 13.0. The lowest BCUT2D eigenvalue weighted by molar-refractivity contribution is -0.132. The number of nitrogens with zero attached hydrogens (tertiary/aromatic N) is 2. The number of imide groups is 1. The van der Waals surface area contributed by atoms with Crippen LogP contribution in [0.2, 0.25) is 0 Å². The van der Waals surface area contributed by atoms with E-state index in [2.05, 4.69) is 21.7 Å². The lowest BCUT2D eigenvalue weighted by atomic mass is 9.92. The summed E-state index contributed by atoms with van der Waals surface area (Å²) in [7, 11) is 0. The first kappa shape index (κ1) is 21.0. The first-order valence-corrected chi connectivity index (χ1v) is 10.6. The zero-order valence-electron chi connectivity index (χ0n) is 17.1. The number of benzene rings is 1. The van der Waals surface area contributed by atoms with Gasteiger partial charge in [-0.3, -0.25) is 19.9 Å². The second-order valence-electron chi connectivity index (χ2n) is 8.10. The van der Waals surface area contributed by atoms with Gasteiger partial charge in [-0.15, -0.1) is 0 Å². The highest BCUT2D eigenvalue weighted by atomic mass is 19.1. The Hall–Kier alpha value is -3.29. The highest BCUT2D eigenvalue weighted by Crippen LogP contribution is 2.27. The molecule has 1 unspecified atom stereocenters. The van der Waals surface area contributed by atoms with E-state index in [-0.39, 0.29) is 24.1 Å². The van der Waals surface area contributed by atoms with Crippen LogP contribution in [0.4, 0.5) is 9.18 Å². The van der Waals surface area contributed by atoms with E-state index in [1.807, 2.05) is 17.2 Å². The molecule has 1 aromatic carbocycles. The molecule has 2 saturated heterocycles. The van der Waals surface area contributed by atoms with Gasteiger partial charge in [0.2, 0.25) is 5.91 Å². The Kier molecular flexibility index (Phi) is 6.25. The number of likely N-dealkylation sites (tertiary alicyclic amines) is 1. The number of piperidine rings is 1. The third-order valence-corrected chi connectivity index (χ3v) is 5.94. The van der Waals surface area contributed by atoms with Crippen molar-refractivity contribution < 1.29 is 18.8 Å². The van der Waals surface area contributed by atoms with Crippen molar-refractivity contribution in [2.75, 3.05) is 13.1 Å². The van der Waals surface area contributed by atoms with Crippen molar-refractivity contribution in [2.24, 2.45) is 0 Å². The minimum atomic E-state index is -0.619. The molecule has 162 valence electrons. The molecule has 8 heteroatoms. The van der Waals surface area contributed by atoms with E-state index in [0.717, 1.165) is 29.7 Å². The first-order valence-electron chi connectivity index (χ1n) is 10.6. The van der Waals surface area contributed by atoms with Crippen LogP contribution in [-0.2, 0) is 16.0 Å². The Morgan fingerprint density at radius 2 is 1.77 bits per heavy atom. The van der Waals surface area contributed by atoms with Gasteiger partial charge in [-0.25, -0.2) is 9.18 Å². The summed E-state index contributed by atoms with van der Waals surface area (Å²) in [6.07, 6.45) is 4.82. The first-order chi connectivity index (χ1) is 15.0. The van der Waals surface area contributed by atoms with Crippen LogP contribution in [0.25, 0.3) is 0 Å². The summed E-state index contributed by atoms with van der Waals surface area (Å²) in [6, 6.07) is 9.47. The molecule has 4 rings (SSSR count). The number of amides is 4. The fourth-order valence-corrected chi connectivity index (χ4v) is 4.13. The molecule has 0 bridgehead atoms. The van der Waals surface area contributed by atoms with E-state index < -0.39 is 12.1 Å². The predicted molar refractivity (Wildman–Crippen MR) is 112 cm³/mol.